The summed E-state index contributed by atoms with van der Waals surface area (Å²) in [6, 6.07) is 3.45. The Hall–Kier alpha value is -1.18. The molecule has 19 heavy (non-hydrogen) atoms. The van der Waals surface area contributed by atoms with Crippen molar-refractivity contribution in [1.82, 2.24) is 4.90 Å². The van der Waals surface area contributed by atoms with Crippen LogP contribution < -0.4 is 5.73 Å². The molecule has 0 bridgehead atoms. The molecule has 1 aromatic carbocycles. The summed E-state index contributed by atoms with van der Waals surface area (Å²) < 4.78 is 13.6. The zero-order valence-corrected chi connectivity index (χ0v) is 12.4. The van der Waals surface area contributed by atoms with Crippen LogP contribution in [0.2, 0.25) is 0 Å². The molecule has 6 heteroatoms. The van der Waals surface area contributed by atoms with E-state index >= 15 is 0 Å². The smallest absolute Gasteiger partial charge is 0.255 e. The lowest BCUT2D eigenvalue weighted by Gasteiger charge is -2.33. The Morgan fingerprint density at radius 1 is 1.37 bits per heavy atom. The number of hydrogen-bond donors (Lipinski definition) is 1. The second-order valence-corrected chi connectivity index (χ2v) is 5.70. The van der Waals surface area contributed by atoms with E-state index in [4.69, 9.17) is 5.73 Å². The van der Waals surface area contributed by atoms with E-state index in [1.165, 1.54) is 23.1 Å². The summed E-state index contributed by atoms with van der Waals surface area (Å²) in [4.78, 5) is 25.3. The van der Waals surface area contributed by atoms with Crippen LogP contribution in [0.1, 0.15) is 29.6 Å². The van der Waals surface area contributed by atoms with Crippen molar-refractivity contribution in [3.8, 4) is 0 Å². The standard InChI is InChI=1S/C13H14FIN2O2/c14-8-4-5-9(10(15)7-8)13(19)17-6-2-1-3-11(17)12(16)18/h4-5,7,11H,1-3,6H2,(H2,16,18). The Morgan fingerprint density at radius 3 is 2.74 bits per heavy atom. The van der Waals surface area contributed by atoms with Gasteiger partial charge in [-0.15, -0.1) is 0 Å². The van der Waals surface area contributed by atoms with Crippen LogP contribution in [0.3, 0.4) is 0 Å². The number of primary amides is 1. The van der Waals surface area contributed by atoms with Crippen LogP contribution in [0.4, 0.5) is 4.39 Å². The second kappa shape index (κ2) is 5.85. The van der Waals surface area contributed by atoms with Crippen molar-refractivity contribution in [1.29, 1.82) is 0 Å². The Labute approximate surface area is 124 Å². The van der Waals surface area contributed by atoms with Gasteiger partial charge in [-0.1, -0.05) is 0 Å². The maximum absolute atomic E-state index is 13.1. The fourth-order valence-corrected chi connectivity index (χ4v) is 3.00. The number of nitrogens with two attached hydrogens (primary N) is 1. The molecule has 2 amide bonds. The van der Waals surface area contributed by atoms with Gasteiger partial charge in [0.2, 0.25) is 5.91 Å². The summed E-state index contributed by atoms with van der Waals surface area (Å²) in [5, 5.41) is 0. The summed E-state index contributed by atoms with van der Waals surface area (Å²) in [7, 11) is 0. The lowest BCUT2D eigenvalue weighted by molar-refractivity contribution is -0.123. The predicted molar refractivity (Wildman–Crippen MR) is 77.0 cm³/mol. The molecular formula is C13H14FIN2O2. The lowest BCUT2D eigenvalue weighted by atomic mass is 10.0. The van der Waals surface area contributed by atoms with Crippen molar-refractivity contribution >= 4 is 34.4 Å². The average molecular weight is 376 g/mol. The first-order valence-electron chi connectivity index (χ1n) is 6.06. The molecule has 1 unspecified atom stereocenters. The number of likely N-dealkylation sites (tertiary alicyclic amines) is 1. The Morgan fingerprint density at radius 2 is 2.11 bits per heavy atom. The van der Waals surface area contributed by atoms with Gasteiger partial charge < -0.3 is 10.6 Å². The molecule has 2 N–H and O–H groups in total. The molecule has 0 aliphatic carbocycles. The van der Waals surface area contributed by atoms with Gasteiger partial charge in [-0.2, -0.15) is 0 Å². The predicted octanol–water partition coefficient (Wildman–Crippen LogP) is 1.91. The van der Waals surface area contributed by atoms with Gasteiger partial charge in [-0.3, -0.25) is 9.59 Å². The SMILES string of the molecule is NC(=O)C1CCCCN1C(=O)c1ccc(F)cc1I. The van der Waals surface area contributed by atoms with E-state index in [0.29, 0.717) is 22.1 Å². The zero-order chi connectivity index (χ0) is 14.0. The third-order valence-electron chi connectivity index (χ3n) is 3.25. The summed E-state index contributed by atoms with van der Waals surface area (Å²) in [5.41, 5.74) is 5.75. The number of rotatable bonds is 2. The molecule has 0 saturated carbocycles. The van der Waals surface area contributed by atoms with E-state index in [9.17, 15) is 14.0 Å². The molecule has 1 atom stereocenters. The van der Waals surface area contributed by atoms with Crippen LogP contribution in [-0.4, -0.2) is 29.3 Å². The second-order valence-electron chi connectivity index (χ2n) is 4.54. The third kappa shape index (κ3) is 3.05. The Balaban J connectivity index is 2.28. The van der Waals surface area contributed by atoms with Crippen LogP contribution >= 0.6 is 22.6 Å². The van der Waals surface area contributed by atoms with Crippen LogP contribution in [0.15, 0.2) is 18.2 Å². The molecule has 1 aliphatic rings. The van der Waals surface area contributed by atoms with E-state index < -0.39 is 11.9 Å². The maximum atomic E-state index is 13.1. The number of amides is 2. The van der Waals surface area contributed by atoms with Gasteiger partial charge in [-0.05, 0) is 60.1 Å². The minimum atomic E-state index is -0.554. The van der Waals surface area contributed by atoms with Crippen molar-refractivity contribution in [3.63, 3.8) is 0 Å². The number of nitrogens with zero attached hydrogens (tertiary/aromatic N) is 1. The van der Waals surface area contributed by atoms with Crippen molar-refractivity contribution in [2.45, 2.75) is 25.3 Å². The van der Waals surface area contributed by atoms with E-state index in [0.717, 1.165) is 12.8 Å². The van der Waals surface area contributed by atoms with Gasteiger partial charge in [0.05, 0.1) is 5.56 Å². The molecular weight excluding hydrogens is 362 g/mol. The number of benzene rings is 1. The van der Waals surface area contributed by atoms with E-state index in [1.54, 1.807) is 0 Å². The van der Waals surface area contributed by atoms with Crippen molar-refractivity contribution in [2.75, 3.05) is 6.54 Å². The summed E-state index contributed by atoms with van der Waals surface area (Å²) in [5.74, 6) is -1.12. The number of piperidine rings is 1. The lowest BCUT2D eigenvalue weighted by Crippen LogP contribution is -2.50. The Kier molecular flexibility index (Phi) is 4.38. The van der Waals surface area contributed by atoms with E-state index in [-0.39, 0.29) is 11.7 Å². The molecule has 1 saturated heterocycles. The van der Waals surface area contributed by atoms with Crippen LogP contribution in [0.25, 0.3) is 0 Å². The fourth-order valence-electron chi connectivity index (χ4n) is 2.29. The Bertz CT molecular complexity index is 521. The van der Waals surface area contributed by atoms with Gasteiger partial charge in [0.1, 0.15) is 11.9 Å². The topological polar surface area (TPSA) is 63.4 Å². The molecule has 4 nitrogen and oxygen atoms in total. The van der Waals surface area contributed by atoms with Crippen molar-refractivity contribution in [2.24, 2.45) is 5.73 Å². The minimum absolute atomic E-state index is 0.257. The number of carbonyl (C=O) groups excluding carboxylic acids is 2. The third-order valence-corrected chi connectivity index (χ3v) is 4.15. The first-order chi connectivity index (χ1) is 9.00. The molecule has 1 aliphatic heterocycles. The highest BCUT2D eigenvalue weighted by Gasteiger charge is 2.31. The first kappa shape index (κ1) is 14.2. The number of carbonyl (C=O) groups is 2. The van der Waals surface area contributed by atoms with Gasteiger partial charge in [0, 0.05) is 10.1 Å². The molecule has 1 fully saturated rings. The number of halogens is 2. The zero-order valence-electron chi connectivity index (χ0n) is 10.2. The van der Waals surface area contributed by atoms with E-state index in [1.807, 2.05) is 22.6 Å². The maximum Gasteiger partial charge on any atom is 0.255 e. The molecule has 2 rings (SSSR count). The van der Waals surface area contributed by atoms with Crippen LogP contribution in [0, 0.1) is 9.39 Å². The quantitative estimate of drug-likeness (QED) is 0.802. The van der Waals surface area contributed by atoms with E-state index in [2.05, 4.69) is 0 Å². The highest BCUT2D eigenvalue weighted by atomic mass is 127. The number of hydrogen-bond acceptors (Lipinski definition) is 2. The summed E-state index contributed by atoms with van der Waals surface area (Å²) in [6.45, 7) is 0.514. The van der Waals surface area contributed by atoms with Crippen LogP contribution in [0.5, 0.6) is 0 Å². The van der Waals surface area contributed by atoms with Crippen molar-refractivity contribution in [3.05, 3.63) is 33.1 Å². The first-order valence-corrected chi connectivity index (χ1v) is 7.14. The highest BCUT2D eigenvalue weighted by molar-refractivity contribution is 14.1. The largest absolute Gasteiger partial charge is 0.368 e. The highest BCUT2D eigenvalue weighted by Crippen LogP contribution is 2.22. The summed E-state index contributed by atoms with van der Waals surface area (Å²) in [6.07, 6.45) is 2.34. The molecule has 0 aromatic heterocycles. The molecule has 0 radical (unpaired) electrons. The minimum Gasteiger partial charge on any atom is -0.368 e. The molecule has 1 aromatic rings. The van der Waals surface area contributed by atoms with Gasteiger partial charge in [-0.25, -0.2) is 4.39 Å². The fraction of sp³-hybridized carbons (Fsp3) is 0.385. The van der Waals surface area contributed by atoms with Crippen molar-refractivity contribution < 1.29 is 14.0 Å². The van der Waals surface area contributed by atoms with Crippen LogP contribution in [-0.2, 0) is 4.79 Å². The van der Waals surface area contributed by atoms with Gasteiger partial charge >= 0.3 is 0 Å². The van der Waals surface area contributed by atoms with Gasteiger partial charge in [0.25, 0.3) is 5.91 Å². The molecule has 1 heterocycles. The molecule has 102 valence electrons. The average Bonchev–Trinajstić information content (AvgIpc) is 2.38. The summed E-state index contributed by atoms with van der Waals surface area (Å²) >= 11 is 1.92. The van der Waals surface area contributed by atoms with Gasteiger partial charge in [0.15, 0.2) is 0 Å². The monoisotopic (exact) mass is 376 g/mol. The normalized spacial score (nSPS) is 19.3. The molecule has 0 spiro atoms.